The van der Waals surface area contributed by atoms with Crippen LogP contribution in [-0.4, -0.2) is 23.8 Å². The molecule has 16 heavy (non-hydrogen) atoms. The maximum Gasteiger partial charge on any atom is 0.306 e. The highest BCUT2D eigenvalue weighted by Crippen LogP contribution is 2.08. The van der Waals surface area contributed by atoms with Gasteiger partial charge in [0, 0.05) is 6.42 Å². The van der Waals surface area contributed by atoms with Crippen LogP contribution in [0.1, 0.15) is 39.5 Å². The first kappa shape index (κ1) is 14.9. The third kappa shape index (κ3) is 8.24. The second-order valence-electron chi connectivity index (χ2n) is 3.82. The van der Waals surface area contributed by atoms with Gasteiger partial charge in [-0.15, -0.1) is 0 Å². The number of hydrogen-bond acceptors (Lipinski definition) is 3. The summed E-state index contributed by atoms with van der Waals surface area (Å²) in [6, 6.07) is 0. The van der Waals surface area contributed by atoms with Crippen molar-refractivity contribution in [2.75, 3.05) is 6.61 Å². The Kier molecular flexibility index (Phi) is 8.53. The molecule has 1 N–H and O–H groups in total. The van der Waals surface area contributed by atoms with E-state index in [9.17, 15) is 9.90 Å². The Labute approximate surface area is 97.8 Å². The lowest BCUT2D eigenvalue weighted by Crippen LogP contribution is -2.05. The lowest BCUT2D eigenvalue weighted by atomic mass is 10.1. The van der Waals surface area contributed by atoms with E-state index in [1.807, 2.05) is 19.9 Å². The quantitative estimate of drug-likeness (QED) is 0.511. The van der Waals surface area contributed by atoms with Gasteiger partial charge in [0.2, 0.25) is 0 Å². The molecule has 0 saturated heterocycles. The smallest absolute Gasteiger partial charge is 0.306 e. The Morgan fingerprint density at radius 2 is 2.19 bits per heavy atom. The summed E-state index contributed by atoms with van der Waals surface area (Å²) in [6.45, 7) is 7.65. The van der Waals surface area contributed by atoms with Crippen molar-refractivity contribution in [2.24, 2.45) is 0 Å². The van der Waals surface area contributed by atoms with Crippen molar-refractivity contribution < 1.29 is 14.6 Å². The molecule has 0 aromatic heterocycles. The number of rotatable bonds is 8. The Balaban J connectivity index is 3.74. The fraction of sp³-hybridized carbons (Fsp3) is 0.615. The number of carbonyl (C=O) groups is 1. The van der Waals surface area contributed by atoms with Gasteiger partial charge in [0.05, 0.1) is 6.10 Å². The summed E-state index contributed by atoms with van der Waals surface area (Å²) in [7, 11) is 0. The van der Waals surface area contributed by atoms with E-state index in [0.29, 0.717) is 19.3 Å². The Hall–Kier alpha value is -1.09. The zero-order valence-electron chi connectivity index (χ0n) is 10.2. The van der Waals surface area contributed by atoms with Gasteiger partial charge in [-0.3, -0.25) is 4.79 Å². The second-order valence-corrected chi connectivity index (χ2v) is 3.82. The van der Waals surface area contributed by atoms with E-state index in [-0.39, 0.29) is 18.7 Å². The zero-order chi connectivity index (χ0) is 12.4. The van der Waals surface area contributed by atoms with Crippen molar-refractivity contribution in [3.05, 3.63) is 24.3 Å². The third-order valence-electron chi connectivity index (χ3n) is 2.30. The molecule has 0 saturated carbocycles. The van der Waals surface area contributed by atoms with Crippen LogP contribution in [-0.2, 0) is 9.53 Å². The number of aliphatic hydroxyl groups excluding tert-OH is 1. The van der Waals surface area contributed by atoms with Crippen LogP contribution in [0.5, 0.6) is 0 Å². The van der Waals surface area contributed by atoms with E-state index >= 15 is 0 Å². The monoisotopic (exact) mass is 226 g/mol. The van der Waals surface area contributed by atoms with E-state index in [2.05, 4.69) is 6.58 Å². The van der Waals surface area contributed by atoms with Gasteiger partial charge in [0.15, 0.2) is 0 Å². The van der Waals surface area contributed by atoms with Crippen LogP contribution in [0, 0.1) is 0 Å². The number of aliphatic hydroxyl groups is 1. The van der Waals surface area contributed by atoms with E-state index in [0.717, 1.165) is 12.0 Å². The molecule has 0 spiro atoms. The van der Waals surface area contributed by atoms with Crippen LogP contribution < -0.4 is 0 Å². The van der Waals surface area contributed by atoms with Gasteiger partial charge in [-0.1, -0.05) is 31.2 Å². The summed E-state index contributed by atoms with van der Waals surface area (Å²) >= 11 is 0. The molecule has 0 aliphatic carbocycles. The maximum atomic E-state index is 11.2. The predicted octanol–water partition coefficient (Wildman–Crippen LogP) is 2.60. The lowest BCUT2D eigenvalue weighted by Gasteiger charge is -2.05. The van der Waals surface area contributed by atoms with Crippen LogP contribution in [0.3, 0.4) is 0 Å². The van der Waals surface area contributed by atoms with Crippen LogP contribution in [0.2, 0.25) is 0 Å². The van der Waals surface area contributed by atoms with Gasteiger partial charge in [-0.05, 0) is 26.2 Å². The number of allylic oxidation sites excluding steroid dienone is 1. The SMILES string of the molecule is C=CCOC(=O)CC/C(C)=C/CC(O)CC. The molecule has 0 fully saturated rings. The molecule has 1 unspecified atom stereocenters. The summed E-state index contributed by atoms with van der Waals surface area (Å²) in [5, 5.41) is 9.35. The van der Waals surface area contributed by atoms with Crippen molar-refractivity contribution in [3.8, 4) is 0 Å². The molecule has 0 aromatic rings. The highest BCUT2D eigenvalue weighted by atomic mass is 16.5. The van der Waals surface area contributed by atoms with Crippen molar-refractivity contribution in [3.63, 3.8) is 0 Å². The maximum absolute atomic E-state index is 11.2. The van der Waals surface area contributed by atoms with Crippen LogP contribution >= 0.6 is 0 Å². The largest absolute Gasteiger partial charge is 0.461 e. The Bertz CT molecular complexity index is 244. The first-order valence-corrected chi connectivity index (χ1v) is 5.70. The summed E-state index contributed by atoms with van der Waals surface area (Å²) in [6.07, 6.45) is 5.75. The molecule has 0 amide bonds. The van der Waals surface area contributed by atoms with Crippen LogP contribution in [0.4, 0.5) is 0 Å². The summed E-state index contributed by atoms with van der Waals surface area (Å²) in [5.74, 6) is -0.205. The van der Waals surface area contributed by atoms with Gasteiger partial charge in [-0.2, -0.15) is 0 Å². The van der Waals surface area contributed by atoms with Gasteiger partial charge in [0.1, 0.15) is 6.61 Å². The molecule has 92 valence electrons. The topological polar surface area (TPSA) is 46.5 Å². The molecule has 1 atom stereocenters. The van der Waals surface area contributed by atoms with E-state index < -0.39 is 0 Å². The minimum Gasteiger partial charge on any atom is -0.461 e. The number of hydrogen-bond donors (Lipinski definition) is 1. The highest BCUT2D eigenvalue weighted by molar-refractivity contribution is 5.69. The van der Waals surface area contributed by atoms with Gasteiger partial charge >= 0.3 is 5.97 Å². The highest BCUT2D eigenvalue weighted by Gasteiger charge is 2.03. The third-order valence-corrected chi connectivity index (χ3v) is 2.30. The summed E-state index contributed by atoms with van der Waals surface area (Å²) < 4.78 is 4.85. The molecule has 0 aliphatic rings. The van der Waals surface area contributed by atoms with Crippen molar-refractivity contribution >= 4 is 5.97 Å². The molecule has 3 nitrogen and oxygen atoms in total. The molecular formula is C13H22O3. The van der Waals surface area contributed by atoms with Crippen LogP contribution in [0.25, 0.3) is 0 Å². The first-order valence-electron chi connectivity index (χ1n) is 5.70. The average molecular weight is 226 g/mol. The van der Waals surface area contributed by atoms with Crippen molar-refractivity contribution in [1.82, 2.24) is 0 Å². The fourth-order valence-electron chi connectivity index (χ4n) is 1.13. The molecular weight excluding hydrogens is 204 g/mol. The van der Waals surface area contributed by atoms with Crippen LogP contribution in [0.15, 0.2) is 24.3 Å². The van der Waals surface area contributed by atoms with E-state index in [1.54, 1.807) is 6.08 Å². The van der Waals surface area contributed by atoms with Gasteiger partial charge in [0.25, 0.3) is 0 Å². The van der Waals surface area contributed by atoms with Crippen molar-refractivity contribution in [2.45, 2.75) is 45.6 Å². The molecule has 3 heteroatoms. The summed E-state index contributed by atoms with van der Waals surface area (Å²) in [5.41, 5.74) is 1.11. The molecule has 0 aromatic carbocycles. The molecule has 0 heterocycles. The summed E-state index contributed by atoms with van der Waals surface area (Å²) in [4.78, 5) is 11.2. The molecule has 0 bridgehead atoms. The normalized spacial score (nSPS) is 13.3. The fourth-order valence-corrected chi connectivity index (χ4v) is 1.13. The standard InChI is InChI=1S/C13H22O3/c1-4-10-16-13(15)9-7-11(3)6-8-12(14)5-2/h4,6,12,14H,1,5,7-10H2,2-3H3/b11-6+. The predicted molar refractivity (Wildman–Crippen MR) is 65.1 cm³/mol. The van der Waals surface area contributed by atoms with E-state index in [1.165, 1.54) is 0 Å². The molecule has 0 rings (SSSR count). The minimum absolute atomic E-state index is 0.205. The number of ether oxygens (including phenoxy) is 1. The Morgan fingerprint density at radius 1 is 1.50 bits per heavy atom. The number of esters is 1. The minimum atomic E-state index is -0.275. The van der Waals surface area contributed by atoms with E-state index in [4.69, 9.17) is 4.74 Å². The zero-order valence-corrected chi connectivity index (χ0v) is 10.2. The van der Waals surface area contributed by atoms with Gasteiger partial charge in [-0.25, -0.2) is 0 Å². The molecule has 0 radical (unpaired) electrons. The lowest BCUT2D eigenvalue weighted by molar-refractivity contribution is -0.142. The van der Waals surface area contributed by atoms with Gasteiger partial charge < -0.3 is 9.84 Å². The second kappa shape index (κ2) is 9.16. The first-order chi connectivity index (χ1) is 7.60. The molecule has 0 aliphatic heterocycles. The van der Waals surface area contributed by atoms with Crippen molar-refractivity contribution in [1.29, 1.82) is 0 Å². The Morgan fingerprint density at radius 3 is 2.75 bits per heavy atom. The average Bonchev–Trinajstić information content (AvgIpc) is 2.30. The number of carbonyl (C=O) groups excluding carboxylic acids is 1.